The average molecular weight is 586 g/mol. The summed E-state index contributed by atoms with van der Waals surface area (Å²) < 4.78 is 16.4. The van der Waals surface area contributed by atoms with E-state index in [4.69, 9.17) is 25.7 Å². The fourth-order valence-electron chi connectivity index (χ4n) is 6.16. The van der Waals surface area contributed by atoms with E-state index in [-0.39, 0.29) is 5.57 Å². The molecule has 0 bridgehead atoms. The number of esters is 2. The van der Waals surface area contributed by atoms with Gasteiger partial charge in [-0.3, -0.25) is 9.79 Å². The number of hydrogen-bond donors (Lipinski definition) is 2. The largest absolute Gasteiger partial charge is 0.491 e. The number of unbranched alkanes of at least 4 members (excludes halogenated alkanes) is 12. The normalized spacial score (nSPS) is 16.8. The third kappa shape index (κ3) is 9.50. The van der Waals surface area contributed by atoms with Crippen molar-refractivity contribution in [1.29, 1.82) is 0 Å². The van der Waals surface area contributed by atoms with Gasteiger partial charge in [0.05, 0.1) is 32.1 Å². The summed E-state index contributed by atoms with van der Waals surface area (Å²) in [6, 6.07) is 1.72. The fraction of sp³-hybridized carbons (Fsp3) is 0.676. The number of anilines is 2. The molecule has 2 atom stereocenters. The van der Waals surface area contributed by atoms with Crippen molar-refractivity contribution < 1.29 is 23.8 Å². The van der Waals surface area contributed by atoms with E-state index in [1.807, 2.05) is 6.92 Å². The number of benzene rings is 1. The summed E-state index contributed by atoms with van der Waals surface area (Å²) in [5.74, 6) is -2.21. The molecule has 1 aliphatic heterocycles. The zero-order chi connectivity index (χ0) is 31.1. The number of rotatable bonds is 19. The molecule has 0 saturated carbocycles. The van der Waals surface area contributed by atoms with Gasteiger partial charge in [-0.1, -0.05) is 84.0 Å². The van der Waals surface area contributed by atoms with Crippen molar-refractivity contribution in [1.82, 2.24) is 0 Å². The van der Waals surface area contributed by atoms with Gasteiger partial charge in [0.25, 0.3) is 0 Å². The fourth-order valence-corrected chi connectivity index (χ4v) is 6.16. The van der Waals surface area contributed by atoms with Crippen LogP contribution in [-0.2, 0) is 25.5 Å². The van der Waals surface area contributed by atoms with Crippen molar-refractivity contribution in [2.75, 3.05) is 32.3 Å². The minimum Gasteiger partial charge on any atom is -0.491 e. The summed E-state index contributed by atoms with van der Waals surface area (Å²) >= 11 is 0. The van der Waals surface area contributed by atoms with E-state index in [1.54, 1.807) is 19.9 Å². The Hall–Kier alpha value is -3.03. The highest BCUT2D eigenvalue weighted by Crippen LogP contribution is 2.48. The number of allylic oxidation sites excluding steroid dienone is 1. The molecule has 0 aromatic heterocycles. The molecule has 2 unspecified atom stereocenters. The average Bonchev–Trinajstić information content (AvgIpc) is 2.96. The molecule has 8 nitrogen and oxygen atoms in total. The second-order valence-corrected chi connectivity index (χ2v) is 11.4. The van der Waals surface area contributed by atoms with E-state index in [9.17, 15) is 9.59 Å². The van der Waals surface area contributed by atoms with Gasteiger partial charge in [-0.25, -0.2) is 4.79 Å². The Balaban J connectivity index is 2.25. The van der Waals surface area contributed by atoms with E-state index in [1.165, 1.54) is 78.4 Å². The molecule has 0 amide bonds. The first-order chi connectivity index (χ1) is 20.2. The van der Waals surface area contributed by atoms with Crippen LogP contribution in [0.5, 0.6) is 5.75 Å². The van der Waals surface area contributed by atoms with E-state index < -0.39 is 23.8 Å². The maximum absolute atomic E-state index is 13.2. The van der Waals surface area contributed by atoms with Gasteiger partial charge < -0.3 is 25.7 Å². The van der Waals surface area contributed by atoms with Crippen LogP contribution in [0.1, 0.15) is 128 Å². The number of hydrogen-bond acceptors (Lipinski definition) is 8. The van der Waals surface area contributed by atoms with Gasteiger partial charge in [-0.05, 0) is 45.2 Å². The maximum atomic E-state index is 13.2. The van der Waals surface area contributed by atoms with Crippen LogP contribution >= 0.6 is 0 Å². The molecule has 1 aromatic rings. The molecular formula is C34H55N3O5. The molecule has 1 heterocycles. The topological polar surface area (TPSA) is 126 Å². The van der Waals surface area contributed by atoms with Gasteiger partial charge >= 0.3 is 11.9 Å². The Kier molecular flexibility index (Phi) is 15.5. The number of ether oxygens (including phenoxy) is 3. The molecule has 42 heavy (non-hydrogen) atoms. The number of nitrogen functional groups attached to an aromatic ring is 2. The van der Waals surface area contributed by atoms with Crippen LogP contribution in [0.15, 0.2) is 22.3 Å². The molecule has 0 spiro atoms. The monoisotopic (exact) mass is 585 g/mol. The van der Waals surface area contributed by atoms with Crippen molar-refractivity contribution in [3.05, 3.63) is 28.5 Å². The molecule has 0 aliphatic carbocycles. The maximum Gasteiger partial charge on any atom is 0.336 e. The molecule has 4 N–H and O–H groups in total. The third-order valence-electron chi connectivity index (χ3n) is 8.31. The highest BCUT2D eigenvalue weighted by atomic mass is 16.5. The van der Waals surface area contributed by atoms with E-state index in [2.05, 4.69) is 11.9 Å². The van der Waals surface area contributed by atoms with Gasteiger partial charge in [0.2, 0.25) is 0 Å². The number of methoxy groups -OCH3 is 2. The first kappa shape index (κ1) is 35.2. The molecule has 0 fully saturated rings. The summed E-state index contributed by atoms with van der Waals surface area (Å²) in [5, 5.41) is 0. The Labute approximate surface area is 253 Å². The van der Waals surface area contributed by atoms with Gasteiger partial charge in [-0.2, -0.15) is 0 Å². The quantitative estimate of drug-likeness (QED) is 0.0968. The highest BCUT2D eigenvalue weighted by Gasteiger charge is 2.45. The molecule has 8 heteroatoms. The van der Waals surface area contributed by atoms with Gasteiger partial charge in [0, 0.05) is 28.6 Å². The summed E-state index contributed by atoms with van der Waals surface area (Å²) in [4.78, 5) is 30.9. The lowest BCUT2D eigenvalue weighted by molar-refractivity contribution is -0.143. The number of nitrogens with zero attached hydrogens (tertiary/aromatic N) is 1. The molecule has 0 radical (unpaired) electrons. The minimum atomic E-state index is -0.849. The summed E-state index contributed by atoms with van der Waals surface area (Å²) in [5.41, 5.74) is 16.8. The molecule has 1 aromatic carbocycles. The van der Waals surface area contributed by atoms with Crippen molar-refractivity contribution in [3.63, 3.8) is 0 Å². The summed E-state index contributed by atoms with van der Waals surface area (Å²) in [6.45, 7) is 8.01. The predicted molar refractivity (Wildman–Crippen MR) is 172 cm³/mol. The molecule has 236 valence electrons. The SMILES string of the molecule is CCCCCCCCCCCCCCCc1c(N)cc(N)c(OCC)c1C1C(C(=O)OC)=C(C)N=C(C)C1C(=O)OC. The molecule has 2 rings (SSSR count). The first-order valence-electron chi connectivity index (χ1n) is 16.0. The zero-order valence-corrected chi connectivity index (χ0v) is 27.0. The van der Waals surface area contributed by atoms with E-state index >= 15 is 0 Å². The number of carbonyl (C=O) groups excluding carboxylic acids is 2. The van der Waals surface area contributed by atoms with Crippen molar-refractivity contribution in [2.45, 2.75) is 124 Å². The first-order valence-corrected chi connectivity index (χ1v) is 16.0. The number of nitrogens with two attached hydrogens (primary N) is 2. The van der Waals surface area contributed by atoms with Crippen LogP contribution in [-0.4, -0.2) is 38.5 Å². The second kappa shape index (κ2) is 18.5. The lowest BCUT2D eigenvalue weighted by atomic mass is 9.73. The molecule has 1 aliphatic rings. The summed E-state index contributed by atoms with van der Waals surface area (Å²) in [7, 11) is 2.66. The summed E-state index contributed by atoms with van der Waals surface area (Å²) in [6.07, 6.45) is 17.1. The zero-order valence-electron chi connectivity index (χ0n) is 27.0. The van der Waals surface area contributed by atoms with Crippen LogP contribution in [0.4, 0.5) is 11.4 Å². The van der Waals surface area contributed by atoms with Gasteiger partial charge in [0.15, 0.2) is 0 Å². The number of aliphatic imine (C=N–C) groups is 1. The van der Waals surface area contributed by atoms with Crippen LogP contribution in [0, 0.1) is 5.92 Å². The highest BCUT2D eigenvalue weighted by molar-refractivity contribution is 6.07. The Morgan fingerprint density at radius 2 is 1.36 bits per heavy atom. The van der Waals surface area contributed by atoms with Crippen LogP contribution < -0.4 is 16.2 Å². The van der Waals surface area contributed by atoms with Crippen LogP contribution in [0.25, 0.3) is 0 Å². The van der Waals surface area contributed by atoms with Gasteiger partial charge in [0.1, 0.15) is 11.7 Å². The number of carbonyl (C=O) groups is 2. The second-order valence-electron chi connectivity index (χ2n) is 11.4. The lowest BCUT2D eigenvalue weighted by Gasteiger charge is -2.34. The minimum absolute atomic E-state index is 0.288. The lowest BCUT2D eigenvalue weighted by Crippen LogP contribution is -2.37. The van der Waals surface area contributed by atoms with Crippen LogP contribution in [0.2, 0.25) is 0 Å². The molecule has 0 saturated heterocycles. The van der Waals surface area contributed by atoms with E-state index in [0.29, 0.717) is 47.1 Å². The van der Waals surface area contributed by atoms with Crippen molar-refractivity contribution in [2.24, 2.45) is 10.9 Å². The van der Waals surface area contributed by atoms with Crippen molar-refractivity contribution in [3.8, 4) is 5.75 Å². The third-order valence-corrected chi connectivity index (χ3v) is 8.31. The van der Waals surface area contributed by atoms with E-state index in [0.717, 1.165) is 24.8 Å². The van der Waals surface area contributed by atoms with Gasteiger partial charge in [-0.15, -0.1) is 0 Å². The van der Waals surface area contributed by atoms with Crippen molar-refractivity contribution >= 4 is 29.0 Å². The van der Waals surface area contributed by atoms with Crippen LogP contribution in [0.3, 0.4) is 0 Å². The Bertz CT molecular complexity index is 1100. The molecular weight excluding hydrogens is 530 g/mol. The smallest absolute Gasteiger partial charge is 0.336 e. The standard InChI is InChI=1S/C34H55N3O5/c1-7-9-10-11-12-13-14-15-16-17-18-19-20-21-25-26(35)22-27(36)32(42-8-2)30(25)31-28(33(38)40-5)23(3)37-24(4)29(31)34(39)41-6/h22,28,31H,7-21,35-36H2,1-6H3. The Morgan fingerprint density at radius 3 is 1.86 bits per heavy atom. The predicted octanol–water partition coefficient (Wildman–Crippen LogP) is 7.68. The Morgan fingerprint density at radius 1 is 0.810 bits per heavy atom.